The molecule has 1 N–H and O–H groups in total. The fraction of sp³-hybridized carbons (Fsp3) is 0.375. The third kappa shape index (κ3) is 5.76. The van der Waals surface area contributed by atoms with Crippen molar-refractivity contribution in [1.29, 1.82) is 0 Å². The Morgan fingerprint density at radius 2 is 1.68 bits per heavy atom. The number of para-hydroxylation sites is 1. The van der Waals surface area contributed by atoms with Crippen LogP contribution in [0.1, 0.15) is 37.7 Å². The Kier molecular flexibility index (Phi) is 7.40. The van der Waals surface area contributed by atoms with Crippen molar-refractivity contribution in [2.75, 3.05) is 37.6 Å². The number of fused-ring (bicyclic) bond motifs is 2. The first kappa shape index (κ1) is 24.7. The van der Waals surface area contributed by atoms with Crippen LogP contribution in [0.15, 0.2) is 90.3 Å². The second-order valence-electron chi connectivity index (χ2n) is 10.7. The number of anilines is 1. The zero-order valence-corrected chi connectivity index (χ0v) is 22.1. The SMILES string of the molecule is O=C1C=C2NC(CCCCN3CCN(c4ccc5ccccc5n4)CC3)N(Cc3ccccc3)C=C2CC1. The molecule has 0 spiro atoms. The number of nitrogens with zero attached hydrogens (tertiary/aromatic N) is 4. The number of benzene rings is 2. The van der Waals surface area contributed by atoms with Crippen molar-refractivity contribution in [1.82, 2.24) is 20.1 Å². The molecule has 0 radical (unpaired) electrons. The Hall–Kier alpha value is -3.64. The zero-order chi connectivity index (χ0) is 25.7. The van der Waals surface area contributed by atoms with Crippen molar-refractivity contribution in [3.05, 3.63) is 95.8 Å². The molecule has 0 saturated carbocycles. The van der Waals surface area contributed by atoms with Crippen LogP contribution in [0.3, 0.4) is 0 Å². The van der Waals surface area contributed by atoms with Gasteiger partial charge in [0.15, 0.2) is 5.78 Å². The molecule has 196 valence electrons. The molecule has 1 aliphatic carbocycles. The number of hydrogen-bond donors (Lipinski definition) is 1. The summed E-state index contributed by atoms with van der Waals surface area (Å²) < 4.78 is 0. The third-order valence-electron chi connectivity index (χ3n) is 8.03. The molecular formula is C32H37N5O. The van der Waals surface area contributed by atoms with Crippen LogP contribution in [0.4, 0.5) is 5.82 Å². The van der Waals surface area contributed by atoms with Gasteiger partial charge >= 0.3 is 0 Å². The molecular weight excluding hydrogens is 470 g/mol. The predicted octanol–water partition coefficient (Wildman–Crippen LogP) is 5.09. The maximum atomic E-state index is 12.0. The summed E-state index contributed by atoms with van der Waals surface area (Å²) in [5, 5.41) is 4.90. The molecule has 2 aliphatic heterocycles. The summed E-state index contributed by atoms with van der Waals surface area (Å²) in [5.74, 6) is 1.33. The number of aromatic nitrogens is 1. The van der Waals surface area contributed by atoms with E-state index in [2.05, 4.69) is 92.9 Å². The highest BCUT2D eigenvalue weighted by Gasteiger charge is 2.27. The molecule has 1 aromatic heterocycles. The van der Waals surface area contributed by atoms with Crippen LogP contribution in [0.2, 0.25) is 0 Å². The van der Waals surface area contributed by atoms with Gasteiger partial charge in [0.1, 0.15) is 5.82 Å². The maximum absolute atomic E-state index is 12.0. The van der Waals surface area contributed by atoms with Crippen LogP contribution < -0.4 is 10.2 Å². The van der Waals surface area contributed by atoms with Gasteiger partial charge in [0.05, 0.1) is 11.7 Å². The number of unbranched alkanes of at least 4 members (excludes halogenated alkanes) is 1. The molecule has 6 heteroatoms. The first-order valence-electron chi connectivity index (χ1n) is 14.1. The number of ketones is 1. The quantitative estimate of drug-likeness (QED) is 0.429. The minimum atomic E-state index is 0.215. The lowest BCUT2D eigenvalue weighted by Crippen LogP contribution is -2.47. The van der Waals surface area contributed by atoms with Crippen molar-refractivity contribution in [3.63, 3.8) is 0 Å². The van der Waals surface area contributed by atoms with Crippen molar-refractivity contribution >= 4 is 22.5 Å². The van der Waals surface area contributed by atoms with E-state index in [0.717, 1.165) is 75.6 Å². The zero-order valence-electron chi connectivity index (χ0n) is 22.1. The molecule has 3 heterocycles. The van der Waals surface area contributed by atoms with Gasteiger partial charge in [0.2, 0.25) is 0 Å². The number of allylic oxidation sites excluding steroid dienone is 2. The Morgan fingerprint density at radius 3 is 2.55 bits per heavy atom. The second-order valence-corrected chi connectivity index (χ2v) is 10.7. The highest BCUT2D eigenvalue weighted by atomic mass is 16.1. The largest absolute Gasteiger partial charge is 0.365 e. The summed E-state index contributed by atoms with van der Waals surface area (Å²) in [4.78, 5) is 24.4. The summed E-state index contributed by atoms with van der Waals surface area (Å²) in [5.41, 5.74) is 4.68. The molecule has 38 heavy (non-hydrogen) atoms. The number of carbonyl (C=O) groups excluding carboxylic acids is 1. The molecule has 6 nitrogen and oxygen atoms in total. The lowest BCUT2D eigenvalue weighted by molar-refractivity contribution is -0.114. The van der Waals surface area contributed by atoms with E-state index >= 15 is 0 Å². The molecule has 1 fully saturated rings. The van der Waals surface area contributed by atoms with Crippen molar-refractivity contribution in [2.24, 2.45) is 0 Å². The van der Waals surface area contributed by atoms with E-state index in [0.29, 0.717) is 6.42 Å². The van der Waals surface area contributed by atoms with Gasteiger partial charge in [-0.15, -0.1) is 0 Å². The summed E-state index contributed by atoms with van der Waals surface area (Å²) in [6, 6.07) is 23.3. The van der Waals surface area contributed by atoms with Gasteiger partial charge < -0.3 is 15.1 Å². The smallest absolute Gasteiger partial charge is 0.158 e. The van der Waals surface area contributed by atoms with Gasteiger partial charge in [-0.2, -0.15) is 0 Å². The van der Waals surface area contributed by atoms with E-state index < -0.39 is 0 Å². The molecule has 3 aromatic rings. The second kappa shape index (κ2) is 11.4. The van der Waals surface area contributed by atoms with Gasteiger partial charge in [-0.05, 0) is 61.6 Å². The van der Waals surface area contributed by atoms with Crippen LogP contribution in [-0.2, 0) is 11.3 Å². The molecule has 0 amide bonds. The van der Waals surface area contributed by atoms with Crippen molar-refractivity contribution in [3.8, 4) is 0 Å². The number of carbonyl (C=O) groups is 1. The average Bonchev–Trinajstić information content (AvgIpc) is 2.96. The van der Waals surface area contributed by atoms with Gasteiger partial charge in [0.25, 0.3) is 0 Å². The van der Waals surface area contributed by atoms with E-state index in [-0.39, 0.29) is 11.9 Å². The molecule has 0 bridgehead atoms. The topological polar surface area (TPSA) is 51.7 Å². The predicted molar refractivity (Wildman–Crippen MR) is 154 cm³/mol. The van der Waals surface area contributed by atoms with Gasteiger partial charge in [-0.25, -0.2) is 4.98 Å². The number of rotatable bonds is 8. The van der Waals surface area contributed by atoms with Crippen LogP contribution in [0, 0.1) is 0 Å². The normalized spacial score (nSPS) is 20.1. The van der Waals surface area contributed by atoms with Crippen molar-refractivity contribution in [2.45, 2.75) is 44.8 Å². The first-order valence-corrected chi connectivity index (χ1v) is 14.1. The summed E-state index contributed by atoms with van der Waals surface area (Å²) in [6.07, 6.45) is 9.16. The lowest BCUT2D eigenvalue weighted by atomic mass is 9.95. The monoisotopic (exact) mass is 507 g/mol. The lowest BCUT2D eigenvalue weighted by Gasteiger charge is -2.39. The highest BCUT2D eigenvalue weighted by Crippen LogP contribution is 2.28. The van der Waals surface area contributed by atoms with Crippen LogP contribution in [0.5, 0.6) is 0 Å². The number of hydrogen-bond acceptors (Lipinski definition) is 6. The van der Waals surface area contributed by atoms with Crippen LogP contribution in [-0.4, -0.2) is 59.5 Å². The van der Waals surface area contributed by atoms with Crippen LogP contribution >= 0.6 is 0 Å². The highest BCUT2D eigenvalue weighted by molar-refractivity contribution is 5.92. The number of piperazine rings is 1. The fourth-order valence-corrected chi connectivity index (χ4v) is 5.83. The molecule has 1 atom stereocenters. The number of pyridine rings is 1. The standard InChI is InChI=1S/C32H37N5O/c38-28-15-13-27-24-37(23-25-8-2-1-3-9-25)31(34-30(27)22-28)12-6-7-17-35-18-20-36(21-19-35)32-16-14-26-10-4-5-11-29(26)33-32/h1-5,8-11,14,16,22,24,31,34H,6-7,12-13,15,17-21,23H2. The van der Waals surface area contributed by atoms with E-state index in [4.69, 9.17) is 4.98 Å². The van der Waals surface area contributed by atoms with Gasteiger partial charge in [-0.3, -0.25) is 9.69 Å². The molecule has 1 saturated heterocycles. The Morgan fingerprint density at radius 1 is 0.868 bits per heavy atom. The Balaban J connectivity index is 1.00. The van der Waals surface area contributed by atoms with Gasteiger partial charge in [-0.1, -0.05) is 48.5 Å². The van der Waals surface area contributed by atoms with Crippen LogP contribution in [0.25, 0.3) is 10.9 Å². The minimum Gasteiger partial charge on any atom is -0.365 e. The number of nitrogens with one attached hydrogen (secondary N) is 1. The summed E-state index contributed by atoms with van der Waals surface area (Å²) in [7, 11) is 0. The fourth-order valence-electron chi connectivity index (χ4n) is 5.83. The maximum Gasteiger partial charge on any atom is 0.158 e. The Labute approximate surface area is 225 Å². The minimum absolute atomic E-state index is 0.215. The van der Waals surface area contributed by atoms with Crippen molar-refractivity contribution < 1.29 is 4.79 Å². The van der Waals surface area contributed by atoms with E-state index in [1.54, 1.807) is 0 Å². The van der Waals surface area contributed by atoms with E-state index in [1.165, 1.54) is 22.9 Å². The Bertz CT molecular complexity index is 1330. The summed E-state index contributed by atoms with van der Waals surface area (Å²) >= 11 is 0. The van der Waals surface area contributed by atoms with E-state index in [1.807, 2.05) is 6.08 Å². The first-order chi connectivity index (χ1) is 18.7. The third-order valence-corrected chi connectivity index (χ3v) is 8.03. The average molecular weight is 508 g/mol. The molecule has 1 unspecified atom stereocenters. The summed E-state index contributed by atoms with van der Waals surface area (Å²) in [6.45, 7) is 6.22. The molecule has 3 aliphatic rings. The van der Waals surface area contributed by atoms with E-state index in [9.17, 15) is 4.79 Å². The molecule has 6 rings (SSSR count). The molecule has 2 aromatic carbocycles. The van der Waals surface area contributed by atoms with Gasteiger partial charge in [0, 0.05) is 62.5 Å².